The predicted molar refractivity (Wildman–Crippen MR) is 120 cm³/mol. The number of non-ortho nitro benzene ring substituents is 1. The van der Waals surface area contributed by atoms with E-state index in [0.29, 0.717) is 42.8 Å². The Bertz CT molecular complexity index is 1310. The lowest BCUT2D eigenvalue weighted by Crippen LogP contribution is -2.42. The van der Waals surface area contributed by atoms with Crippen LogP contribution < -0.4 is 5.43 Å². The van der Waals surface area contributed by atoms with Crippen molar-refractivity contribution in [2.24, 2.45) is 0 Å². The molecule has 0 N–H and O–H groups in total. The third-order valence-electron chi connectivity index (χ3n) is 6.28. The molecule has 0 spiro atoms. The van der Waals surface area contributed by atoms with E-state index in [4.69, 9.17) is 9.15 Å². The molecule has 1 saturated heterocycles. The molecule has 1 unspecified atom stereocenters. The van der Waals surface area contributed by atoms with Gasteiger partial charge in [0.1, 0.15) is 5.58 Å². The molecule has 170 valence electrons. The third-order valence-corrected chi connectivity index (χ3v) is 6.28. The molecule has 33 heavy (non-hydrogen) atoms. The third kappa shape index (κ3) is 3.79. The van der Waals surface area contributed by atoms with E-state index >= 15 is 0 Å². The van der Waals surface area contributed by atoms with Gasteiger partial charge >= 0.3 is 0 Å². The summed E-state index contributed by atoms with van der Waals surface area (Å²) in [5.41, 5.74) is 1.62. The van der Waals surface area contributed by atoms with Crippen molar-refractivity contribution in [2.45, 2.75) is 13.0 Å². The summed E-state index contributed by atoms with van der Waals surface area (Å²) in [6.45, 7) is 5.62. The normalized spacial score (nSPS) is 18.6. The fourth-order valence-electron chi connectivity index (χ4n) is 4.59. The quantitative estimate of drug-likeness (QED) is 0.435. The first-order valence-electron chi connectivity index (χ1n) is 10.9. The highest BCUT2D eigenvalue weighted by molar-refractivity contribution is 5.99. The van der Waals surface area contributed by atoms with Gasteiger partial charge < -0.3 is 14.1 Å². The van der Waals surface area contributed by atoms with Crippen LogP contribution in [0.3, 0.4) is 0 Å². The van der Waals surface area contributed by atoms with Crippen molar-refractivity contribution in [3.8, 4) is 0 Å². The van der Waals surface area contributed by atoms with Crippen LogP contribution in [0.5, 0.6) is 0 Å². The summed E-state index contributed by atoms with van der Waals surface area (Å²) in [5, 5.41) is 11.8. The van der Waals surface area contributed by atoms with Crippen LogP contribution in [0.15, 0.2) is 51.7 Å². The summed E-state index contributed by atoms with van der Waals surface area (Å²) in [5.74, 6) is -0.371. The van der Waals surface area contributed by atoms with Gasteiger partial charge in [0.15, 0.2) is 5.43 Å². The summed E-state index contributed by atoms with van der Waals surface area (Å²) in [6, 6.07) is 10.6. The number of benzene rings is 2. The van der Waals surface area contributed by atoms with E-state index in [0.717, 1.165) is 18.7 Å². The molecule has 9 nitrogen and oxygen atoms in total. The Labute approximate surface area is 189 Å². The number of nitro benzene ring substituents is 1. The highest BCUT2D eigenvalue weighted by atomic mass is 16.6. The van der Waals surface area contributed by atoms with Crippen LogP contribution >= 0.6 is 0 Å². The molecule has 0 radical (unpaired) electrons. The molecule has 0 aliphatic carbocycles. The van der Waals surface area contributed by atoms with Crippen LogP contribution in [-0.2, 0) is 4.74 Å². The monoisotopic (exact) mass is 449 g/mol. The molecule has 3 heterocycles. The number of aryl methyl sites for hydroxylation is 1. The first kappa shape index (κ1) is 21.3. The number of nitrogens with zero attached hydrogens (tertiary/aromatic N) is 3. The SMILES string of the molecule is Cc1ccc2oc3c(c(=O)c2c1)C(c1cccc([N+](=O)[O-])c1)N(CCN1CCOCC1)C3=O. The van der Waals surface area contributed by atoms with E-state index in [1.165, 1.54) is 12.1 Å². The lowest BCUT2D eigenvalue weighted by atomic mass is 9.97. The van der Waals surface area contributed by atoms with Crippen LogP contribution in [-0.4, -0.2) is 60.0 Å². The van der Waals surface area contributed by atoms with Crippen LogP contribution in [0, 0.1) is 17.0 Å². The van der Waals surface area contributed by atoms with Crippen molar-refractivity contribution in [1.82, 2.24) is 9.80 Å². The zero-order valence-corrected chi connectivity index (χ0v) is 18.2. The summed E-state index contributed by atoms with van der Waals surface area (Å²) >= 11 is 0. The highest BCUT2D eigenvalue weighted by Gasteiger charge is 2.43. The van der Waals surface area contributed by atoms with Crippen molar-refractivity contribution in [2.75, 3.05) is 39.4 Å². The van der Waals surface area contributed by atoms with Gasteiger partial charge in [-0.05, 0) is 24.6 Å². The maximum absolute atomic E-state index is 13.6. The Balaban J connectivity index is 1.63. The van der Waals surface area contributed by atoms with Crippen LogP contribution in [0.4, 0.5) is 5.69 Å². The molecule has 0 saturated carbocycles. The highest BCUT2D eigenvalue weighted by Crippen LogP contribution is 2.39. The first-order valence-corrected chi connectivity index (χ1v) is 10.9. The number of hydrogen-bond acceptors (Lipinski definition) is 7. The van der Waals surface area contributed by atoms with E-state index in [1.807, 2.05) is 13.0 Å². The number of amides is 1. The van der Waals surface area contributed by atoms with Gasteiger partial charge in [-0.1, -0.05) is 23.8 Å². The van der Waals surface area contributed by atoms with Gasteiger partial charge in [0.05, 0.1) is 35.1 Å². The second kappa shape index (κ2) is 8.42. The van der Waals surface area contributed by atoms with Crippen LogP contribution in [0.25, 0.3) is 11.0 Å². The number of ether oxygens (including phenoxy) is 1. The second-order valence-corrected chi connectivity index (χ2v) is 8.38. The molecule has 9 heteroatoms. The standard InChI is InChI=1S/C24H23N3O6/c1-15-5-6-19-18(13-15)22(28)20-21(16-3-2-4-17(14-16)27(30)31)26(24(29)23(20)33-19)8-7-25-9-11-32-12-10-25/h2-6,13-14,21H,7-12H2,1H3. The van der Waals surface area contributed by atoms with Gasteiger partial charge in [-0.2, -0.15) is 0 Å². The van der Waals surface area contributed by atoms with Crippen molar-refractivity contribution in [1.29, 1.82) is 0 Å². The number of fused-ring (bicyclic) bond motifs is 2. The van der Waals surface area contributed by atoms with Gasteiger partial charge in [-0.25, -0.2) is 0 Å². The van der Waals surface area contributed by atoms with Gasteiger partial charge in [-0.15, -0.1) is 0 Å². The molecule has 3 aromatic rings. The van der Waals surface area contributed by atoms with E-state index in [2.05, 4.69) is 4.90 Å². The van der Waals surface area contributed by atoms with Crippen molar-refractivity contribution in [3.63, 3.8) is 0 Å². The number of morpholine rings is 1. The number of carbonyl (C=O) groups is 1. The zero-order chi connectivity index (χ0) is 23.1. The van der Waals surface area contributed by atoms with Crippen molar-refractivity contribution >= 4 is 22.6 Å². The van der Waals surface area contributed by atoms with E-state index < -0.39 is 11.0 Å². The summed E-state index contributed by atoms with van der Waals surface area (Å²) < 4.78 is 11.3. The average Bonchev–Trinajstić information content (AvgIpc) is 3.11. The fraction of sp³-hybridized carbons (Fsp3) is 0.333. The molecule has 5 rings (SSSR count). The lowest BCUT2D eigenvalue weighted by Gasteiger charge is -2.31. The number of rotatable bonds is 5. The molecular formula is C24H23N3O6. The van der Waals surface area contributed by atoms with Crippen LogP contribution in [0.2, 0.25) is 0 Å². The Hall–Kier alpha value is -3.56. The van der Waals surface area contributed by atoms with E-state index in [-0.39, 0.29) is 28.3 Å². The van der Waals surface area contributed by atoms with Crippen molar-refractivity contribution < 1.29 is 18.9 Å². The number of nitro groups is 1. The Kier molecular flexibility index (Phi) is 5.43. The van der Waals surface area contributed by atoms with Crippen LogP contribution in [0.1, 0.15) is 33.3 Å². The Morgan fingerprint density at radius 3 is 2.64 bits per heavy atom. The minimum Gasteiger partial charge on any atom is -0.450 e. The van der Waals surface area contributed by atoms with E-state index in [1.54, 1.807) is 29.2 Å². The number of carbonyl (C=O) groups excluding carboxylic acids is 1. The Morgan fingerprint density at radius 2 is 1.88 bits per heavy atom. The topological polar surface area (TPSA) is 106 Å². The molecule has 1 fully saturated rings. The minimum atomic E-state index is -0.755. The molecule has 2 aliphatic heterocycles. The van der Waals surface area contributed by atoms with Gasteiger partial charge in [0, 0.05) is 38.3 Å². The lowest BCUT2D eigenvalue weighted by molar-refractivity contribution is -0.384. The predicted octanol–water partition coefficient (Wildman–Crippen LogP) is 2.89. The smallest absolute Gasteiger partial charge is 0.290 e. The van der Waals surface area contributed by atoms with Gasteiger partial charge in [0.2, 0.25) is 5.76 Å². The number of hydrogen-bond donors (Lipinski definition) is 0. The maximum Gasteiger partial charge on any atom is 0.290 e. The molecule has 2 aromatic carbocycles. The molecule has 1 aromatic heterocycles. The minimum absolute atomic E-state index is 0.00911. The van der Waals surface area contributed by atoms with Crippen molar-refractivity contribution in [3.05, 3.63) is 85.3 Å². The molecule has 2 aliphatic rings. The molecule has 1 atom stereocenters. The largest absolute Gasteiger partial charge is 0.450 e. The maximum atomic E-state index is 13.6. The van der Waals surface area contributed by atoms with Gasteiger partial charge in [-0.3, -0.25) is 24.6 Å². The fourth-order valence-corrected chi connectivity index (χ4v) is 4.59. The molecule has 1 amide bonds. The van der Waals surface area contributed by atoms with Gasteiger partial charge in [0.25, 0.3) is 11.6 Å². The molecule has 0 bridgehead atoms. The summed E-state index contributed by atoms with van der Waals surface area (Å²) in [4.78, 5) is 41.7. The zero-order valence-electron chi connectivity index (χ0n) is 18.2. The summed E-state index contributed by atoms with van der Waals surface area (Å²) in [7, 11) is 0. The summed E-state index contributed by atoms with van der Waals surface area (Å²) in [6.07, 6.45) is 0. The van der Waals surface area contributed by atoms with E-state index in [9.17, 15) is 19.7 Å². The molecular weight excluding hydrogens is 426 g/mol. The first-order chi connectivity index (χ1) is 15.9. The Morgan fingerprint density at radius 1 is 1.09 bits per heavy atom. The average molecular weight is 449 g/mol. The second-order valence-electron chi connectivity index (χ2n) is 8.38.